The Morgan fingerprint density at radius 1 is 0.369 bits per heavy atom. The van der Waals surface area contributed by atoms with Crippen molar-refractivity contribution in [3.8, 4) is 5.75 Å². The predicted octanol–water partition coefficient (Wildman–Crippen LogP) is 15.1. The Balaban J connectivity index is 1.14. The predicted molar refractivity (Wildman–Crippen MR) is 271 cm³/mol. The molecule has 0 bridgehead atoms. The maximum atomic E-state index is 12.6. The fraction of sp³-hybridized carbons (Fsp3) is 0.0526. The fourth-order valence-electron chi connectivity index (χ4n) is 8.14. The number of methoxy groups -OCH3 is 1. The molecular formula is C57H48N4O3P+. The zero-order valence-electron chi connectivity index (χ0n) is 36.2. The number of para-hydroxylation sites is 3. The van der Waals surface area contributed by atoms with Gasteiger partial charge in [-0.2, -0.15) is 0 Å². The van der Waals surface area contributed by atoms with Gasteiger partial charge in [-0.3, -0.25) is 0 Å². The molecule has 0 aliphatic carbocycles. The van der Waals surface area contributed by atoms with Gasteiger partial charge in [0.1, 0.15) is 12.4 Å². The fourth-order valence-corrected chi connectivity index (χ4v) is 8.75. The van der Waals surface area contributed by atoms with E-state index < -0.39 is 7.80 Å². The molecule has 0 radical (unpaired) electrons. The molecule has 8 heteroatoms. The van der Waals surface area contributed by atoms with Crippen molar-refractivity contribution in [3.63, 3.8) is 0 Å². The lowest BCUT2D eigenvalue weighted by Crippen LogP contribution is -2.14. The molecule has 65 heavy (non-hydrogen) atoms. The van der Waals surface area contributed by atoms with Gasteiger partial charge in [0.2, 0.25) is 0 Å². The van der Waals surface area contributed by atoms with E-state index in [1.807, 2.05) is 97.1 Å². The molecule has 0 saturated heterocycles. The number of hydrogen-bond donors (Lipinski definition) is 1. The molecule has 0 heterocycles. The van der Waals surface area contributed by atoms with Gasteiger partial charge >= 0.3 is 7.80 Å². The molecule has 1 unspecified atom stereocenters. The van der Waals surface area contributed by atoms with Crippen LogP contribution in [0.4, 0.5) is 68.2 Å². The first-order valence-corrected chi connectivity index (χ1v) is 23.2. The van der Waals surface area contributed by atoms with Crippen molar-refractivity contribution in [2.75, 3.05) is 33.4 Å². The third-order valence-corrected chi connectivity index (χ3v) is 12.3. The Hall–Kier alpha value is -7.96. The lowest BCUT2D eigenvalue weighted by Gasteiger charge is -2.30. The summed E-state index contributed by atoms with van der Waals surface area (Å²) < 4.78 is 18.3. The van der Waals surface area contributed by atoms with Crippen LogP contribution in [0.25, 0.3) is 0 Å². The molecule has 9 aromatic rings. The van der Waals surface area contributed by atoms with Crippen molar-refractivity contribution < 1.29 is 14.4 Å². The minimum Gasteiger partial charge on any atom is -0.497 e. The number of nitrogens with zero attached hydrogens (tertiary/aromatic N) is 4. The molecule has 1 atom stereocenters. The monoisotopic (exact) mass is 867 g/mol. The summed E-state index contributed by atoms with van der Waals surface area (Å²) in [5.74, 6) is 0.782. The molecule has 7 nitrogen and oxygen atoms in total. The molecule has 9 rings (SSSR count). The van der Waals surface area contributed by atoms with Crippen molar-refractivity contribution in [3.05, 3.63) is 242 Å². The minimum absolute atomic E-state index is 0.0415. The van der Waals surface area contributed by atoms with E-state index in [4.69, 9.17) is 4.74 Å². The maximum Gasteiger partial charge on any atom is 0.373 e. The number of rotatable bonds is 15. The summed E-state index contributed by atoms with van der Waals surface area (Å²) in [5.41, 5.74) is 12.6. The summed E-state index contributed by atoms with van der Waals surface area (Å²) in [6.45, 7) is 1.70. The van der Waals surface area contributed by atoms with Gasteiger partial charge in [-0.1, -0.05) is 83.4 Å². The van der Waals surface area contributed by atoms with Crippen LogP contribution in [-0.2, 0) is 11.2 Å². The summed E-state index contributed by atoms with van der Waals surface area (Å²) in [4.78, 5) is 8.90. The number of anilines is 12. The van der Waals surface area contributed by atoms with Gasteiger partial charge in [-0.15, -0.1) is 0 Å². The third-order valence-electron chi connectivity index (χ3n) is 11.3. The van der Waals surface area contributed by atoms with Crippen LogP contribution in [-0.4, -0.2) is 18.9 Å². The van der Waals surface area contributed by atoms with Gasteiger partial charge < -0.3 is 29.4 Å². The summed E-state index contributed by atoms with van der Waals surface area (Å²) in [7, 11) is 0.173. The highest BCUT2D eigenvalue weighted by atomic mass is 31.1. The van der Waals surface area contributed by atoms with Gasteiger partial charge in [-0.05, 0) is 151 Å². The van der Waals surface area contributed by atoms with E-state index in [0.29, 0.717) is 0 Å². The van der Waals surface area contributed by atoms with Gasteiger partial charge in [0.25, 0.3) is 0 Å². The van der Waals surface area contributed by atoms with Crippen LogP contribution < -0.4 is 29.6 Å². The van der Waals surface area contributed by atoms with Gasteiger partial charge in [0, 0.05) is 74.7 Å². The topological polar surface area (TPSA) is 59.5 Å². The van der Waals surface area contributed by atoms with Gasteiger partial charge in [0.05, 0.1) is 19.4 Å². The first-order valence-electron chi connectivity index (χ1n) is 21.5. The molecular weight excluding hydrogens is 820 g/mol. The molecule has 9 aromatic carbocycles. The van der Waals surface area contributed by atoms with Crippen molar-refractivity contribution >= 4 is 81.4 Å². The van der Waals surface area contributed by atoms with Gasteiger partial charge in [0.15, 0.2) is 5.30 Å². The van der Waals surface area contributed by atoms with Crippen LogP contribution >= 0.6 is 7.80 Å². The summed E-state index contributed by atoms with van der Waals surface area (Å²) in [6, 6.07) is 80.8. The Morgan fingerprint density at radius 3 is 1.05 bits per heavy atom. The average molecular weight is 868 g/mol. The Bertz CT molecular complexity index is 2850. The number of ether oxygens (including phenoxy) is 1. The SMILES string of the molecule is COc1cccc(N(c2ccccc2)c2ccc(N(c3ccc(N(c4ccccc4)c4cccc(CO)c4)cc3)c3ccc(N(c4ccccc4)c4cccc([P+](C)=O)c4)cc3)cc2)c1. The largest absolute Gasteiger partial charge is 0.497 e. The first-order chi connectivity index (χ1) is 32.0. The summed E-state index contributed by atoms with van der Waals surface area (Å²) in [6.07, 6.45) is 0. The normalized spacial score (nSPS) is 11.1. The van der Waals surface area contributed by atoms with E-state index in [1.165, 1.54) is 0 Å². The minimum atomic E-state index is -1.52. The van der Waals surface area contributed by atoms with Crippen molar-refractivity contribution in [1.82, 2.24) is 0 Å². The van der Waals surface area contributed by atoms with E-state index in [9.17, 15) is 9.67 Å². The first kappa shape index (κ1) is 42.3. The Kier molecular flexibility index (Phi) is 12.8. The van der Waals surface area contributed by atoms with Crippen molar-refractivity contribution in [1.29, 1.82) is 0 Å². The van der Waals surface area contributed by atoms with E-state index in [1.54, 1.807) is 13.8 Å². The Morgan fingerprint density at radius 2 is 0.677 bits per heavy atom. The average Bonchev–Trinajstić information content (AvgIpc) is 3.37. The lowest BCUT2D eigenvalue weighted by molar-refractivity contribution is 0.282. The van der Waals surface area contributed by atoms with E-state index in [-0.39, 0.29) is 6.61 Å². The molecule has 0 aliphatic heterocycles. The highest BCUT2D eigenvalue weighted by molar-refractivity contribution is 7.52. The van der Waals surface area contributed by atoms with Crippen LogP contribution in [0.1, 0.15) is 5.56 Å². The lowest BCUT2D eigenvalue weighted by atomic mass is 10.1. The van der Waals surface area contributed by atoms with Crippen LogP contribution in [0.5, 0.6) is 5.75 Å². The molecule has 0 fully saturated rings. The Labute approximate surface area is 382 Å². The zero-order valence-corrected chi connectivity index (χ0v) is 37.1. The molecule has 1 N–H and O–H groups in total. The quantitative estimate of drug-likeness (QED) is 0.103. The van der Waals surface area contributed by atoms with Crippen LogP contribution in [0.3, 0.4) is 0 Å². The highest BCUT2D eigenvalue weighted by Crippen LogP contribution is 2.43. The summed E-state index contributed by atoms with van der Waals surface area (Å²) >= 11 is 0. The molecule has 318 valence electrons. The maximum absolute atomic E-state index is 12.6. The molecule has 0 aliphatic rings. The second kappa shape index (κ2) is 19.6. The highest BCUT2D eigenvalue weighted by Gasteiger charge is 2.21. The number of benzene rings is 9. The summed E-state index contributed by atoms with van der Waals surface area (Å²) in [5, 5.41) is 10.8. The second-order valence-corrected chi connectivity index (χ2v) is 17.0. The molecule has 0 saturated carbocycles. The van der Waals surface area contributed by atoms with E-state index in [2.05, 4.69) is 159 Å². The number of hydrogen-bond acceptors (Lipinski definition) is 7. The molecule has 0 amide bonds. The van der Waals surface area contributed by atoms with Crippen LogP contribution in [0, 0.1) is 0 Å². The number of aliphatic hydroxyl groups excluding tert-OH is 1. The van der Waals surface area contributed by atoms with E-state index in [0.717, 1.165) is 84.9 Å². The van der Waals surface area contributed by atoms with E-state index >= 15 is 0 Å². The third kappa shape index (κ3) is 9.39. The molecule has 0 spiro atoms. The van der Waals surface area contributed by atoms with Crippen molar-refractivity contribution in [2.45, 2.75) is 6.61 Å². The zero-order chi connectivity index (χ0) is 44.5. The van der Waals surface area contributed by atoms with Crippen LogP contribution in [0.15, 0.2) is 237 Å². The second-order valence-electron chi connectivity index (χ2n) is 15.4. The van der Waals surface area contributed by atoms with Crippen LogP contribution in [0.2, 0.25) is 0 Å². The van der Waals surface area contributed by atoms with Gasteiger partial charge in [-0.25, -0.2) is 0 Å². The molecule has 0 aromatic heterocycles. The standard InChI is InChI=1S/C57H48N4O3P/c1-64-56-25-13-23-54(40-56)60(45-18-8-4-9-19-45)51-35-29-48(30-36-51)58(47-27-33-50(34-28-47)59(44-16-6-3-7-17-44)53-22-12-15-43(39-53)42-62)49-31-37-52(38-32-49)61(46-20-10-5-11-21-46)55-24-14-26-57(41-55)65(2)63/h3-41,62H,42H2,1-2H3/q+1. The smallest absolute Gasteiger partial charge is 0.373 e. The van der Waals surface area contributed by atoms with Crippen molar-refractivity contribution in [2.24, 2.45) is 0 Å². The number of aliphatic hydroxyl groups is 1.